The Balaban J connectivity index is 1.64. The Morgan fingerprint density at radius 2 is 1.76 bits per heavy atom. The van der Waals surface area contributed by atoms with Crippen molar-refractivity contribution in [1.82, 2.24) is 19.9 Å². The molecule has 2 aliphatic heterocycles. The van der Waals surface area contributed by atoms with E-state index in [-0.39, 0.29) is 48.9 Å². The van der Waals surface area contributed by atoms with Gasteiger partial charge in [0.25, 0.3) is 0 Å². The van der Waals surface area contributed by atoms with Crippen molar-refractivity contribution in [3.05, 3.63) is 34.7 Å². The van der Waals surface area contributed by atoms with Crippen molar-refractivity contribution in [2.45, 2.75) is 62.6 Å². The van der Waals surface area contributed by atoms with Crippen molar-refractivity contribution >= 4 is 44.3 Å². The molecule has 2 aromatic heterocycles. The summed E-state index contributed by atoms with van der Waals surface area (Å²) in [6, 6.07) is 1.21. The molecule has 2 bridgehead atoms. The van der Waals surface area contributed by atoms with Crippen molar-refractivity contribution in [3.63, 3.8) is 0 Å². The Morgan fingerprint density at radius 3 is 2.31 bits per heavy atom. The molecule has 2 atom stereocenters. The quantitative estimate of drug-likeness (QED) is 0.189. The van der Waals surface area contributed by atoms with Gasteiger partial charge in [0.15, 0.2) is 12.6 Å². The second kappa shape index (κ2) is 11.7. The number of anilines is 1. The van der Waals surface area contributed by atoms with E-state index in [0.29, 0.717) is 12.8 Å². The molecule has 11 nitrogen and oxygen atoms in total. The molecule has 0 spiro atoms. The first-order valence-electron chi connectivity index (χ1n) is 13.7. The maximum absolute atomic E-state index is 16.3. The fourth-order valence-electron chi connectivity index (χ4n) is 5.57. The zero-order chi connectivity index (χ0) is 33.1. The summed E-state index contributed by atoms with van der Waals surface area (Å²) in [4.78, 5) is 28.5. The number of rotatable bonds is 6. The highest BCUT2D eigenvalue weighted by Gasteiger charge is 2.45. The Labute approximate surface area is 261 Å². The van der Waals surface area contributed by atoms with Gasteiger partial charge in [-0.3, -0.25) is 9.88 Å². The number of pyridine rings is 1. The molecule has 0 radical (unpaired) electrons. The summed E-state index contributed by atoms with van der Waals surface area (Å²) in [5, 5.41) is -1.53. The number of amides is 1. The monoisotopic (exact) mass is 675 g/mol. The first-order chi connectivity index (χ1) is 20.9. The lowest BCUT2D eigenvalue weighted by Gasteiger charge is -2.42. The van der Waals surface area contributed by atoms with E-state index in [1.807, 2.05) is 0 Å². The van der Waals surface area contributed by atoms with Crippen LogP contribution in [-0.2, 0) is 25.5 Å². The number of hydrogen-bond donors (Lipinski definition) is 0. The van der Waals surface area contributed by atoms with E-state index in [1.54, 1.807) is 30.6 Å². The van der Waals surface area contributed by atoms with Crippen LogP contribution in [0.25, 0.3) is 22.2 Å². The van der Waals surface area contributed by atoms with Gasteiger partial charge in [-0.1, -0.05) is 11.6 Å². The third kappa shape index (κ3) is 6.58. The maximum Gasteiger partial charge on any atom is 0.418 e. The summed E-state index contributed by atoms with van der Waals surface area (Å²) in [6.45, 7) is 5.36. The molecule has 2 fully saturated rings. The van der Waals surface area contributed by atoms with Gasteiger partial charge in [0.2, 0.25) is 15.0 Å². The number of hydrogen-bond acceptors (Lipinski definition) is 10. The minimum atomic E-state index is -5.02. The lowest BCUT2D eigenvalue weighted by molar-refractivity contribution is -0.137. The van der Waals surface area contributed by atoms with Crippen LogP contribution in [0.4, 0.5) is 28.2 Å². The molecule has 1 aromatic carbocycles. The van der Waals surface area contributed by atoms with Gasteiger partial charge in [-0.2, -0.15) is 13.2 Å². The SMILES string of the molecule is COCOc1cc(Cl)c(C(F)(F)F)c(-c2ncc3c(N4CC5CCC(C4)N5C(=O)OC(C)(C)C)nc(S(C)(=O)=O)nc3c2F)c1. The maximum atomic E-state index is 16.3. The Hall–Kier alpha value is -3.50. The molecule has 0 N–H and O–H groups in total. The largest absolute Gasteiger partial charge is 0.467 e. The minimum Gasteiger partial charge on any atom is -0.467 e. The highest BCUT2D eigenvalue weighted by molar-refractivity contribution is 7.90. The molecule has 2 aliphatic rings. The van der Waals surface area contributed by atoms with Crippen LogP contribution in [0, 0.1) is 5.82 Å². The highest BCUT2D eigenvalue weighted by Crippen LogP contribution is 2.45. The van der Waals surface area contributed by atoms with Crippen LogP contribution < -0.4 is 9.64 Å². The average Bonchev–Trinajstić information content (AvgIpc) is 3.18. The molecule has 1 amide bonds. The van der Waals surface area contributed by atoms with Gasteiger partial charge < -0.3 is 19.1 Å². The molecular formula is C28H30ClF4N5O6S. The van der Waals surface area contributed by atoms with E-state index in [2.05, 4.69) is 15.0 Å². The molecule has 17 heteroatoms. The second-order valence-corrected chi connectivity index (χ2v) is 14.2. The van der Waals surface area contributed by atoms with Crippen LogP contribution in [-0.4, -0.2) is 85.3 Å². The third-order valence-corrected chi connectivity index (χ3v) is 8.45. The average molecular weight is 676 g/mol. The highest BCUT2D eigenvalue weighted by atomic mass is 35.5. The van der Waals surface area contributed by atoms with Crippen LogP contribution in [0.3, 0.4) is 0 Å². The van der Waals surface area contributed by atoms with Crippen molar-refractivity contribution in [2.75, 3.05) is 38.1 Å². The molecule has 0 saturated carbocycles. The smallest absolute Gasteiger partial charge is 0.418 e. The van der Waals surface area contributed by atoms with Crippen molar-refractivity contribution in [2.24, 2.45) is 0 Å². The summed E-state index contributed by atoms with van der Waals surface area (Å²) in [6.07, 6.45) is -2.29. The first kappa shape index (κ1) is 32.9. The number of ether oxygens (including phenoxy) is 3. The zero-order valence-corrected chi connectivity index (χ0v) is 26.5. The van der Waals surface area contributed by atoms with Gasteiger partial charge in [0, 0.05) is 38.2 Å². The molecule has 2 saturated heterocycles. The van der Waals surface area contributed by atoms with E-state index in [1.165, 1.54) is 7.11 Å². The summed E-state index contributed by atoms with van der Waals surface area (Å²) >= 11 is 5.99. The predicted octanol–water partition coefficient (Wildman–Crippen LogP) is 5.48. The number of piperazine rings is 1. The van der Waals surface area contributed by atoms with Gasteiger partial charge in [-0.25, -0.2) is 27.6 Å². The molecule has 3 aromatic rings. The van der Waals surface area contributed by atoms with Gasteiger partial charge >= 0.3 is 12.3 Å². The number of alkyl halides is 3. The lowest BCUT2D eigenvalue weighted by atomic mass is 10.0. The van der Waals surface area contributed by atoms with Crippen LogP contribution in [0.2, 0.25) is 5.02 Å². The van der Waals surface area contributed by atoms with Gasteiger partial charge in [0.05, 0.1) is 28.1 Å². The number of halogens is 5. The minimum absolute atomic E-state index is 0.0189. The van der Waals surface area contributed by atoms with Gasteiger partial charge in [-0.05, 0) is 45.7 Å². The van der Waals surface area contributed by atoms with Crippen LogP contribution in [0.1, 0.15) is 39.2 Å². The number of nitrogens with zero attached hydrogens (tertiary/aromatic N) is 5. The van der Waals surface area contributed by atoms with E-state index in [9.17, 15) is 26.4 Å². The molecule has 45 heavy (non-hydrogen) atoms. The number of benzene rings is 1. The van der Waals surface area contributed by atoms with Crippen molar-refractivity contribution in [1.29, 1.82) is 0 Å². The summed E-state index contributed by atoms with van der Waals surface area (Å²) in [5.74, 6) is -1.45. The number of fused-ring (bicyclic) bond motifs is 3. The third-order valence-electron chi connectivity index (χ3n) is 7.31. The van der Waals surface area contributed by atoms with Gasteiger partial charge in [0.1, 0.15) is 28.4 Å². The Bertz CT molecular complexity index is 1760. The number of aromatic nitrogens is 3. The zero-order valence-electron chi connectivity index (χ0n) is 24.9. The number of carbonyl (C=O) groups is 1. The van der Waals surface area contributed by atoms with E-state index >= 15 is 4.39 Å². The predicted molar refractivity (Wildman–Crippen MR) is 155 cm³/mol. The standard InChI is InChI=1S/C28H30ClF4N5O6S/c1-27(2,3)44-26(39)38-14-6-7-15(38)12-37(11-14)24-18-10-34-22(21(30)23(18)35-25(36-24)45(5,40)41)17-8-16(43-13-42-4)9-19(29)20(17)28(31,32)33/h8-10,14-15H,6-7,11-13H2,1-5H3. The molecule has 244 valence electrons. The Morgan fingerprint density at radius 1 is 1.11 bits per heavy atom. The van der Waals surface area contributed by atoms with Gasteiger partial charge in [-0.15, -0.1) is 0 Å². The molecule has 0 aliphatic carbocycles. The lowest BCUT2D eigenvalue weighted by Crippen LogP contribution is -2.57. The summed E-state index contributed by atoms with van der Waals surface area (Å²) < 4.78 is 99.7. The molecule has 2 unspecified atom stereocenters. The van der Waals surface area contributed by atoms with Crippen LogP contribution >= 0.6 is 11.6 Å². The van der Waals surface area contributed by atoms with E-state index in [0.717, 1.165) is 24.6 Å². The first-order valence-corrected chi connectivity index (χ1v) is 16.0. The summed E-state index contributed by atoms with van der Waals surface area (Å²) in [5.41, 5.74) is -4.16. The van der Waals surface area contributed by atoms with E-state index in [4.69, 9.17) is 25.8 Å². The van der Waals surface area contributed by atoms with Crippen molar-refractivity contribution < 1.29 is 45.0 Å². The summed E-state index contributed by atoms with van der Waals surface area (Å²) in [7, 11) is -2.81. The fourth-order valence-corrected chi connectivity index (χ4v) is 6.40. The molecular weight excluding hydrogens is 646 g/mol. The molecule has 4 heterocycles. The number of sulfone groups is 1. The van der Waals surface area contributed by atoms with Crippen LogP contribution in [0.15, 0.2) is 23.5 Å². The second-order valence-electron chi connectivity index (χ2n) is 11.8. The number of carbonyl (C=O) groups excluding carboxylic acids is 1. The Kier molecular flexibility index (Phi) is 8.55. The van der Waals surface area contributed by atoms with Crippen LogP contribution in [0.5, 0.6) is 5.75 Å². The fraction of sp³-hybridized carbons (Fsp3) is 0.500. The number of methoxy groups -OCH3 is 1. The molecule has 5 rings (SSSR count). The van der Waals surface area contributed by atoms with Crippen molar-refractivity contribution in [3.8, 4) is 17.0 Å². The normalized spacial score (nSPS) is 18.9. The van der Waals surface area contributed by atoms with E-state index < -0.39 is 66.0 Å². The topological polar surface area (TPSA) is 124 Å².